The Hall–Kier alpha value is -1.19. The van der Waals surface area contributed by atoms with Crippen LogP contribution in [-0.4, -0.2) is 54.6 Å². The second-order valence-corrected chi connectivity index (χ2v) is 12.0. The summed E-state index contributed by atoms with van der Waals surface area (Å²) in [6.07, 6.45) is 6.40. The van der Waals surface area contributed by atoms with Crippen LogP contribution in [0.5, 0.6) is 0 Å². The van der Waals surface area contributed by atoms with Crippen molar-refractivity contribution < 1.29 is 8.42 Å². The molecule has 164 valence electrons. The van der Waals surface area contributed by atoms with Gasteiger partial charge in [-0.15, -0.1) is 0 Å². The van der Waals surface area contributed by atoms with Gasteiger partial charge in [0.05, 0.1) is 18.0 Å². The van der Waals surface area contributed by atoms with Crippen LogP contribution in [0.4, 0.5) is 0 Å². The molecule has 1 heterocycles. The predicted molar refractivity (Wildman–Crippen MR) is 124 cm³/mol. The normalized spacial score (nSPS) is 21.4. The largest absolute Gasteiger partial charge is 0.327 e. The van der Waals surface area contributed by atoms with Crippen LogP contribution in [0.1, 0.15) is 37.7 Å². The van der Waals surface area contributed by atoms with E-state index < -0.39 is 13.6 Å². The van der Waals surface area contributed by atoms with Gasteiger partial charge in [-0.1, -0.05) is 54.1 Å². The van der Waals surface area contributed by atoms with Crippen LogP contribution in [0.2, 0.25) is 0 Å². The minimum Gasteiger partial charge on any atom is -0.327 e. The highest BCUT2D eigenvalue weighted by Gasteiger charge is 2.32. The molecule has 2 aliphatic rings. The minimum atomic E-state index is -3.31. The molecule has 0 saturated heterocycles. The van der Waals surface area contributed by atoms with Crippen molar-refractivity contribution in [3.63, 3.8) is 0 Å². The van der Waals surface area contributed by atoms with Crippen LogP contribution in [0.3, 0.4) is 0 Å². The van der Waals surface area contributed by atoms with Gasteiger partial charge >= 0.3 is 0 Å². The highest BCUT2D eigenvalue weighted by Crippen LogP contribution is 2.29. The Morgan fingerprint density at radius 1 is 1.17 bits per heavy atom. The summed E-state index contributed by atoms with van der Waals surface area (Å²) in [5.41, 5.74) is 6.74. The van der Waals surface area contributed by atoms with Gasteiger partial charge in [0, 0.05) is 17.4 Å². The molecule has 0 aromatic heterocycles. The fourth-order valence-corrected chi connectivity index (χ4v) is 4.29. The smallest absolute Gasteiger partial charge is 0.248 e. The fraction of sp³-hybridized carbons (Fsp3) is 0.526. The summed E-state index contributed by atoms with van der Waals surface area (Å²) in [7, 11) is -3.31. The molecule has 1 aliphatic heterocycles. The first-order valence-electron chi connectivity index (χ1n) is 9.56. The molecule has 11 heteroatoms. The number of aliphatic imine (C=N–C) groups is 3. The number of nitrogens with one attached hydrogen (secondary N) is 1. The molecule has 0 amide bonds. The maximum Gasteiger partial charge on any atom is 0.248 e. The van der Waals surface area contributed by atoms with Crippen molar-refractivity contribution in [2.45, 2.75) is 46.3 Å². The number of halogens is 3. The lowest BCUT2D eigenvalue weighted by Gasteiger charge is -2.32. The summed E-state index contributed by atoms with van der Waals surface area (Å²) < 4.78 is 21.6. The average molecular weight is 493 g/mol. The Morgan fingerprint density at radius 3 is 2.37 bits per heavy atom. The average Bonchev–Trinajstić information content (AvgIpc) is 2.89. The van der Waals surface area contributed by atoms with Crippen LogP contribution < -0.4 is 11.1 Å². The first-order valence-corrected chi connectivity index (χ1v) is 12.6. The Kier molecular flexibility index (Phi) is 7.14. The van der Waals surface area contributed by atoms with Crippen molar-refractivity contribution >= 4 is 62.1 Å². The van der Waals surface area contributed by atoms with Crippen LogP contribution in [-0.2, 0) is 9.84 Å². The zero-order chi connectivity index (χ0) is 22.0. The van der Waals surface area contributed by atoms with Gasteiger partial charge in [-0.3, -0.25) is 9.98 Å². The Bertz CT molecular complexity index is 976. The van der Waals surface area contributed by atoms with Crippen LogP contribution >= 0.6 is 34.8 Å². The molecule has 3 rings (SSSR count). The summed E-state index contributed by atoms with van der Waals surface area (Å²) in [4.78, 5) is 13.7. The highest BCUT2D eigenvalue weighted by atomic mass is 35.6. The molecule has 0 unspecified atom stereocenters. The van der Waals surface area contributed by atoms with E-state index in [-0.39, 0.29) is 22.8 Å². The summed E-state index contributed by atoms with van der Waals surface area (Å²) in [5.74, 6) is 0.900. The van der Waals surface area contributed by atoms with Crippen LogP contribution in [0, 0.1) is 0 Å². The number of alkyl halides is 3. The maximum atomic E-state index is 11.7. The number of amidine groups is 3. The SMILES string of the molecule is CS(=O)(=O)c1ccc(C2=NCC(=NCC3(N)CCCCC3)NC(C(Cl)(Cl)Cl)=N2)cc1. The topological polar surface area (TPSA) is 109 Å². The van der Waals surface area contributed by atoms with Crippen molar-refractivity contribution in [2.75, 3.05) is 19.3 Å². The number of hydrogen-bond acceptors (Lipinski definition) is 6. The molecule has 1 fully saturated rings. The molecule has 3 N–H and O–H groups in total. The van der Waals surface area contributed by atoms with E-state index in [1.807, 2.05) is 0 Å². The molecule has 1 saturated carbocycles. The zero-order valence-electron chi connectivity index (χ0n) is 16.5. The van der Waals surface area contributed by atoms with Gasteiger partial charge in [-0.25, -0.2) is 13.4 Å². The third-order valence-electron chi connectivity index (χ3n) is 5.10. The zero-order valence-corrected chi connectivity index (χ0v) is 19.6. The molecular formula is C19H24Cl3N5O2S. The first kappa shape index (κ1) is 23.5. The Labute approximate surface area is 191 Å². The molecular weight excluding hydrogens is 469 g/mol. The standard InChI is InChI=1S/C19H24Cl3N5O2S/c1-30(28,29)14-7-5-13(6-8-14)16-24-11-15(26-17(27-16)19(20,21)22)25-12-18(23)9-3-2-4-10-18/h5-8H,2-4,9-12,23H2,1H3,(H,24,25,26,27). The lowest BCUT2D eigenvalue weighted by atomic mass is 9.83. The monoisotopic (exact) mass is 491 g/mol. The molecule has 1 aromatic rings. The Balaban J connectivity index is 1.88. The summed E-state index contributed by atoms with van der Waals surface area (Å²) in [5, 5.41) is 2.99. The van der Waals surface area contributed by atoms with Gasteiger partial charge in [0.2, 0.25) is 3.79 Å². The van der Waals surface area contributed by atoms with Crippen LogP contribution in [0.25, 0.3) is 0 Å². The first-order chi connectivity index (χ1) is 14.0. The van der Waals surface area contributed by atoms with E-state index >= 15 is 0 Å². The molecule has 0 radical (unpaired) electrons. The number of nitrogens with two attached hydrogens (primary N) is 1. The van der Waals surface area contributed by atoms with Crippen molar-refractivity contribution in [3.8, 4) is 0 Å². The number of benzene rings is 1. The lowest BCUT2D eigenvalue weighted by molar-refractivity contribution is 0.305. The second-order valence-electron chi connectivity index (χ2n) is 7.71. The number of sulfone groups is 1. The van der Waals surface area contributed by atoms with Gasteiger partial charge in [0.1, 0.15) is 5.84 Å². The Morgan fingerprint density at radius 2 is 1.80 bits per heavy atom. The quantitative estimate of drug-likeness (QED) is 0.629. The van der Waals surface area contributed by atoms with E-state index in [1.165, 1.54) is 18.6 Å². The van der Waals surface area contributed by atoms with E-state index in [9.17, 15) is 8.42 Å². The minimum absolute atomic E-state index is 0.0735. The van der Waals surface area contributed by atoms with Gasteiger partial charge in [-0.2, -0.15) is 0 Å². The number of rotatable bonds is 4. The van der Waals surface area contributed by atoms with Crippen molar-refractivity contribution in [1.29, 1.82) is 0 Å². The van der Waals surface area contributed by atoms with Crippen molar-refractivity contribution in [2.24, 2.45) is 20.7 Å². The molecule has 0 atom stereocenters. The van der Waals surface area contributed by atoms with Gasteiger partial charge in [0.25, 0.3) is 0 Å². The molecule has 1 aromatic carbocycles. The highest BCUT2D eigenvalue weighted by molar-refractivity contribution is 7.90. The third kappa shape index (κ3) is 6.17. The summed E-state index contributed by atoms with van der Waals surface area (Å²) >= 11 is 18.3. The summed E-state index contributed by atoms with van der Waals surface area (Å²) in [6, 6.07) is 6.22. The van der Waals surface area contributed by atoms with E-state index in [1.54, 1.807) is 12.1 Å². The second kappa shape index (κ2) is 9.12. The molecule has 0 spiro atoms. The molecule has 30 heavy (non-hydrogen) atoms. The molecule has 7 nitrogen and oxygen atoms in total. The number of nitrogens with zero attached hydrogens (tertiary/aromatic N) is 3. The van der Waals surface area contributed by atoms with Gasteiger partial charge < -0.3 is 11.1 Å². The van der Waals surface area contributed by atoms with Crippen LogP contribution in [0.15, 0.2) is 44.1 Å². The van der Waals surface area contributed by atoms with Crippen molar-refractivity contribution in [1.82, 2.24) is 5.32 Å². The molecule has 1 aliphatic carbocycles. The maximum absolute atomic E-state index is 11.7. The van der Waals surface area contributed by atoms with E-state index in [2.05, 4.69) is 20.3 Å². The lowest BCUT2D eigenvalue weighted by Crippen LogP contribution is -2.46. The summed E-state index contributed by atoms with van der Waals surface area (Å²) in [6.45, 7) is 0.656. The van der Waals surface area contributed by atoms with Gasteiger partial charge in [-0.05, 0) is 37.1 Å². The van der Waals surface area contributed by atoms with E-state index in [4.69, 9.17) is 40.5 Å². The predicted octanol–water partition coefficient (Wildman–Crippen LogP) is 3.27. The van der Waals surface area contributed by atoms with E-state index in [0.29, 0.717) is 23.8 Å². The fourth-order valence-electron chi connectivity index (χ4n) is 3.39. The van der Waals surface area contributed by atoms with E-state index in [0.717, 1.165) is 31.9 Å². The number of hydrogen-bond donors (Lipinski definition) is 2. The van der Waals surface area contributed by atoms with Crippen molar-refractivity contribution in [3.05, 3.63) is 29.8 Å². The third-order valence-corrected chi connectivity index (χ3v) is 6.77. The molecule has 0 bridgehead atoms. The van der Waals surface area contributed by atoms with Gasteiger partial charge in [0.15, 0.2) is 21.5 Å².